The first-order valence-electron chi connectivity index (χ1n) is 8.28. The number of hydrogen-bond donors (Lipinski definition) is 2. The van der Waals surface area contributed by atoms with Crippen LogP contribution in [-0.4, -0.2) is 27.1 Å². The lowest BCUT2D eigenvalue weighted by Crippen LogP contribution is -2.17. The largest absolute Gasteiger partial charge is 0.478 e. The van der Waals surface area contributed by atoms with Crippen LogP contribution in [-0.2, 0) is 6.42 Å². The summed E-state index contributed by atoms with van der Waals surface area (Å²) in [7, 11) is 0. The highest BCUT2D eigenvalue weighted by Crippen LogP contribution is 2.21. The molecule has 132 valence electrons. The number of aromatic amines is 1. The maximum Gasteiger partial charge on any atom is 0.337 e. The van der Waals surface area contributed by atoms with Crippen LogP contribution >= 0.6 is 0 Å². The summed E-state index contributed by atoms with van der Waals surface area (Å²) in [6.45, 7) is 3.76. The third-order valence-corrected chi connectivity index (χ3v) is 4.16. The van der Waals surface area contributed by atoms with Crippen LogP contribution in [0.25, 0.3) is 5.69 Å². The van der Waals surface area contributed by atoms with E-state index in [1.165, 1.54) is 10.9 Å². The molecule has 6 heteroatoms. The number of carbonyl (C=O) groups is 1. The minimum absolute atomic E-state index is 0.107. The molecule has 26 heavy (non-hydrogen) atoms. The maximum absolute atomic E-state index is 12.7. The number of para-hydroxylation sites is 1. The summed E-state index contributed by atoms with van der Waals surface area (Å²) in [5.41, 5.74) is 2.96. The molecule has 0 saturated heterocycles. The number of H-pyrrole nitrogens is 1. The molecule has 3 rings (SSSR count). The molecule has 0 fully saturated rings. The van der Waals surface area contributed by atoms with Gasteiger partial charge in [-0.1, -0.05) is 31.2 Å². The molecule has 0 spiro atoms. The van der Waals surface area contributed by atoms with E-state index >= 15 is 0 Å². The fraction of sp³-hybridized carbons (Fsp3) is 0.150. The van der Waals surface area contributed by atoms with Crippen molar-refractivity contribution >= 4 is 17.9 Å². The van der Waals surface area contributed by atoms with Crippen LogP contribution in [0.3, 0.4) is 0 Å². The summed E-state index contributed by atoms with van der Waals surface area (Å²) in [5, 5.41) is 12.4. The standard InChI is InChI=1S/C20H19N3O3/c1-3-14-9-10-16(20(25)26)18(11-14)21-12-17-13(2)22-23(19(17)24)15-7-5-4-6-8-15/h4-12,22H,3H2,1-2H3,(H,25,26). The van der Waals surface area contributed by atoms with Crippen molar-refractivity contribution < 1.29 is 9.90 Å². The van der Waals surface area contributed by atoms with Gasteiger partial charge in [0.1, 0.15) is 0 Å². The molecule has 0 bridgehead atoms. The van der Waals surface area contributed by atoms with Crippen molar-refractivity contribution in [2.24, 2.45) is 4.99 Å². The number of aliphatic imine (C=N–C) groups is 1. The Bertz CT molecular complexity index is 1030. The molecule has 0 amide bonds. The van der Waals surface area contributed by atoms with Crippen molar-refractivity contribution in [3.05, 3.63) is 81.3 Å². The van der Waals surface area contributed by atoms with E-state index in [0.717, 1.165) is 17.7 Å². The van der Waals surface area contributed by atoms with E-state index in [2.05, 4.69) is 10.1 Å². The first-order chi connectivity index (χ1) is 12.5. The van der Waals surface area contributed by atoms with E-state index in [-0.39, 0.29) is 11.1 Å². The molecular weight excluding hydrogens is 330 g/mol. The molecule has 0 aliphatic heterocycles. The van der Waals surface area contributed by atoms with Gasteiger partial charge in [0.05, 0.1) is 22.5 Å². The molecule has 0 atom stereocenters. The van der Waals surface area contributed by atoms with Crippen molar-refractivity contribution in [3.8, 4) is 5.69 Å². The van der Waals surface area contributed by atoms with Crippen molar-refractivity contribution in [1.29, 1.82) is 0 Å². The number of carboxylic acids is 1. The molecular formula is C20H19N3O3. The number of rotatable bonds is 5. The molecule has 0 aliphatic carbocycles. The minimum Gasteiger partial charge on any atom is -0.478 e. The Hall–Kier alpha value is -3.41. The van der Waals surface area contributed by atoms with Crippen molar-refractivity contribution in [2.75, 3.05) is 0 Å². The second kappa shape index (κ2) is 7.23. The van der Waals surface area contributed by atoms with Gasteiger partial charge in [-0.25, -0.2) is 9.48 Å². The van der Waals surface area contributed by atoms with Gasteiger partial charge in [-0.05, 0) is 43.2 Å². The molecule has 0 unspecified atom stereocenters. The van der Waals surface area contributed by atoms with Crippen LogP contribution < -0.4 is 5.56 Å². The normalized spacial score (nSPS) is 11.2. The van der Waals surface area contributed by atoms with Gasteiger partial charge in [0.15, 0.2) is 0 Å². The first-order valence-corrected chi connectivity index (χ1v) is 8.28. The Balaban J connectivity index is 2.04. The predicted octanol–water partition coefficient (Wildman–Crippen LogP) is 3.49. The van der Waals surface area contributed by atoms with Crippen LogP contribution in [0.4, 0.5) is 5.69 Å². The smallest absolute Gasteiger partial charge is 0.337 e. The summed E-state index contributed by atoms with van der Waals surface area (Å²) in [6, 6.07) is 14.3. The van der Waals surface area contributed by atoms with Crippen molar-refractivity contribution in [2.45, 2.75) is 20.3 Å². The highest BCUT2D eigenvalue weighted by Gasteiger charge is 2.12. The molecule has 2 aromatic carbocycles. The van der Waals surface area contributed by atoms with E-state index in [0.29, 0.717) is 16.9 Å². The van der Waals surface area contributed by atoms with E-state index in [9.17, 15) is 14.7 Å². The predicted molar refractivity (Wildman–Crippen MR) is 101 cm³/mol. The maximum atomic E-state index is 12.7. The third kappa shape index (κ3) is 3.35. The fourth-order valence-electron chi connectivity index (χ4n) is 2.69. The second-order valence-electron chi connectivity index (χ2n) is 5.89. The van der Waals surface area contributed by atoms with Gasteiger partial charge >= 0.3 is 5.97 Å². The van der Waals surface area contributed by atoms with Crippen molar-refractivity contribution in [3.63, 3.8) is 0 Å². The monoisotopic (exact) mass is 349 g/mol. The van der Waals surface area contributed by atoms with Gasteiger partial charge < -0.3 is 5.11 Å². The lowest BCUT2D eigenvalue weighted by atomic mass is 10.1. The molecule has 0 aliphatic rings. The average molecular weight is 349 g/mol. The fourth-order valence-corrected chi connectivity index (χ4v) is 2.69. The SMILES string of the molecule is CCc1ccc(C(=O)O)c(N=Cc2c(C)[nH]n(-c3ccccc3)c2=O)c1. The Morgan fingerprint density at radius 3 is 2.62 bits per heavy atom. The van der Waals surface area contributed by atoms with Crippen LogP contribution in [0, 0.1) is 6.92 Å². The molecule has 1 aromatic heterocycles. The van der Waals surface area contributed by atoms with Gasteiger partial charge in [-0.3, -0.25) is 14.9 Å². The highest BCUT2D eigenvalue weighted by atomic mass is 16.4. The molecule has 1 heterocycles. The van der Waals surface area contributed by atoms with Crippen molar-refractivity contribution in [1.82, 2.24) is 9.78 Å². The second-order valence-corrected chi connectivity index (χ2v) is 5.89. The molecule has 0 saturated carbocycles. The number of benzene rings is 2. The van der Waals surface area contributed by atoms with Gasteiger partial charge in [0.25, 0.3) is 5.56 Å². The lowest BCUT2D eigenvalue weighted by molar-refractivity contribution is 0.0698. The highest BCUT2D eigenvalue weighted by molar-refractivity contribution is 5.95. The van der Waals surface area contributed by atoms with E-state index in [1.807, 2.05) is 37.3 Å². The molecule has 0 radical (unpaired) electrons. The van der Waals surface area contributed by atoms with Crippen LogP contribution in [0.15, 0.2) is 58.3 Å². The lowest BCUT2D eigenvalue weighted by Gasteiger charge is -2.03. The number of nitrogens with zero attached hydrogens (tertiary/aromatic N) is 2. The Morgan fingerprint density at radius 1 is 1.23 bits per heavy atom. The average Bonchev–Trinajstić information content (AvgIpc) is 2.94. The molecule has 2 N–H and O–H groups in total. The summed E-state index contributed by atoms with van der Waals surface area (Å²) in [4.78, 5) is 28.4. The Morgan fingerprint density at radius 2 is 1.96 bits per heavy atom. The number of aryl methyl sites for hydroxylation is 2. The van der Waals surface area contributed by atoms with E-state index in [4.69, 9.17) is 0 Å². The number of carboxylic acid groups (broad SMARTS) is 1. The summed E-state index contributed by atoms with van der Waals surface area (Å²) in [6.07, 6.45) is 2.20. The van der Waals surface area contributed by atoms with Gasteiger partial charge in [-0.15, -0.1) is 0 Å². The topological polar surface area (TPSA) is 87.4 Å². The van der Waals surface area contributed by atoms with Gasteiger partial charge in [0, 0.05) is 11.9 Å². The Kier molecular flexibility index (Phi) is 4.84. The zero-order valence-electron chi connectivity index (χ0n) is 14.6. The molecule has 3 aromatic rings. The van der Waals surface area contributed by atoms with Crippen LogP contribution in [0.2, 0.25) is 0 Å². The third-order valence-electron chi connectivity index (χ3n) is 4.16. The summed E-state index contributed by atoms with van der Waals surface area (Å²) in [5.74, 6) is -1.05. The number of hydrogen-bond acceptors (Lipinski definition) is 3. The first kappa shape index (κ1) is 17.4. The zero-order valence-corrected chi connectivity index (χ0v) is 14.6. The number of aromatic carboxylic acids is 1. The molecule has 6 nitrogen and oxygen atoms in total. The number of aromatic nitrogens is 2. The zero-order chi connectivity index (χ0) is 18.7. The van der Waals surface area contributed by atoms with Gasteiger partial charge in [0.2, 0.25) is 0 Å². The van der Waals surface area contributed by atoms with Crippen LogP contribution in [0.1, 0.15) is 34.1 Å². The quantitative estimate of drug-likeness (QED) is 0.691. The Labute approximate surface area is 150 Å². The van der Waals surface area contributed by atoms with Gasteiger partial charge in [-0.2, -0.15) is 0 Å². The number of nitrogens with one attached hydrogen (secondary N) is 1. The van der Waals surface area contributed by atoms with Crippen LogP contribution in [0.5, 0.6) is 0 Å². The minimum atomic E-state index is -1.05. The van der Waals surface area contributed by atoms with E-state index in [1.54, 1.807) is 25.1 Å². The summed E-state index contributed by atoms with van der Waals surface area (Å²) < 4.78 is 1.44. The summed E-state index contributed by atoms with van der Waals surface area (Å²) >= 11 is 0. The van der Waals surface area contributed by atoms with E-state index < -0.39 is 5.97 Å².